The van der Waals surface area contributed by atoms with Crippen molar-refractivity contribution in [3.05, 3.63) is 23.5 Å². The van der Waals surface area contributed by atoms with E-state index in [1.165, 1.54) is 19.2 Å². The molecule has 0 unspecified atom stereocenters. The summed E-state index contributed by atoms with van der Waals surface area (Å²) in [5, 5.41) is 3.57. The maximum atomic E-state index is 14.5. The van der Waals surface area contributed by atoms with Crippen molar-refractivity contribution in [2.24, 2.45) is 0 Å². The highest BCUT2D eigenvalue weighted by Gasteiger charge is 2.42. The van der Waals surface area contributed by atoms with Gasteiger partial charge in [0.05, 0.1) is 31.1 Å². The molecule has 1 aromatic rings. The van der Waals surface area contributed by atoms with Crippen molar-refractivity contribution in [1.29, 1.82) is 0 Å². The smallest absolute Gasteiger partial charge is 0.274 e. The molecule has 7 nitrogen and oxygen atoms in total. The lowest BCUT2D eigenvalue weighted by molar-refractivity contribution is -0.121. The maximum Gasteiger partial charge on any atom is 0.274 e. The predicted octanol–water partition coefficient (Wildman–Crippen LogP) is 3.82. The maximum absolute atomic E-state index is 14.5. The molecule has 3 atom stereocenters. The number of nitrogens with one attached hydrogen (secondary N) is 1. The molecule has 4 heterocycles. The molecule has 0 bridgehead atoms. The number of halogens is 4. The SMILES string of the molecule is CC[C@H]1COCCN1C[C@H]1CN[C@H](C)CN1CC(=O)N1CC(C)(C)c2ncc(C(F)(F)CC)cc21.Cl.Cl. The van der Waals surface area contributed by atoms with E-state index >= 15 is 0 Å². The normalized spacial score (nSPS) is 26.2. The first-order chi connectivity index (χ1) is 16.6. The Morgan fingerprint density at radius 2 is 1.97 bits per heavy atom. The van der Waals surface area contributed by atoms with E-state index < -0.39 is 5.92 Å². The Labute approximate surface area is 232 Å². The van der Waals surface area contributed by atoms with E-state index in [0.717, 1.165) is 45.8 Å². The molecule has 1 N–H and O–H groups in total. The highest BCUT2D eigenvalue weighted by molar-refractivity contribution is 5.97. The molecule has 212 valence electrons. The zero-order valence-corrected chi connectivity index (χ0v) is 24.3. The van der Waals surface area contributed by atoms with Gasteiger partial charge in [-0.2, -0.15) is 0 Å². The number of rotatable bonds is 7. The first-order valence-corrected chi connectivity index (χ1v) is 13.0. The molecule has 11 heteroatoms. The van der Waals surface area contributed by atoms with Gasteiger partial charge in [-0.1, -0.05) is 27.7 Å². The summed E-state index contributed by atoms with van der Waals surface area (Å²) in [6, 6.07) is 2.36. The number of piperazine rings is 1. The number of carbonyl (C=O) groups excluding carboxylic acids is 1. The van der Waals surface area contributed by atoms with E-state index in [9.17, 15) is 13.6 Å². The number of amides is 1. The Balaban J connectivity index is 0.00000241. The van der Waals surface area contributed by atoms with Crippen LogP contribution in [0.25, 0.3) is 0 Å². The third-order valence-electron chi connectivity index (χ3n) is 7.85. The standard InChI is InChI=1S/C26H41F2N5O2.2ClH/c1-6-20-16-35-9-8-31(20)14-21-12-29-18(3)13-32(21)15-23(34)33-17-25(4,5)24-22(33)10-19(11-30-24)26(27,28)7-2;;/h10-11,18,20-21,29H,6-9,12-17H2,1-5H3;2*1H/t18-,20+,21-;;/m1../s1. The first kappa shape index (κ1) is 32.1. The van der Waals surface area contributed by atoms with Crippen LogP contribution in [0.3, 0.4) is 0 Å². The molecule has 3 aliphatic heterocycles. The molecule has 2 fully saturated rings. The lowest BCUT2D eigenvalue weighted by atomic mass is 9.91. The second-order valence-corrected chi connectivity index (χ2v) is 11.0. The number of alkyl halides is 2. The molecule has 2 saturated heterocycles. The second kappa shape index (κ2) is 12.8. The van der Waals surface area contributed by atoms with Crippen LogP contribution in [0.15, 0.2) is 12.3 Å². The molecule has 37 heavy (non-hydrogen) atoms. The molecule has 1 aromatic heterocycles. The average molecular weight is 567 g/mol. The van der Waals surface area contributed by atoms with Crippen molar-refractivity contribution >= 4 is 36.4 Å². The van der Waals surface area contributed by atoms with Gasteiger partial charge in [-0.25, -0.2) is 8.78 Å². The fraction of sp³-hybridized carbons (Fsp3) is 0.769. The number of carbonyl (C=O) groups is 1. The van der Waals surface area contributed by atoms with E-state index in [1.807, 2.05) is 13.8 Å². The Hall–Kier alpha value is -1.10. The first-order valence-electron chi connectivity index (χ1n) is 13.0. The van der Waals surface area contributed by atoms with Crippen LogP contribution in [0.4, 0.5) is 14.5 Å². The number of fused-ring (bicyclic) bond motifs is 1. The van der Waals surface area contributed by atoms with Crippen molar-refractivity contribution < 1.29 is 18.3 Å². The lowest BCUT2D eigenvalue weighted by Crippen LogP contribution is -2.62. The van der Waals surface area contributed by atoms with E-state index in [4.69, 9.17) is 4.74 Å². The van der Waals surface area contributed by atoms with Crippen molar-refractivity contribution in [2.75, 3.05) is 57.4 Å². The third kappa shape index (κ3) is 6.92. The summed E-state index contributed by atoms with van der Waals surface area (Å²) in [5.41, 5.74) is 0.736. The summed E-state index contributed by atoms with van der Waals surface area (Å²) in [6.07, 6.45) is 2.01. The summed E-state index contributed by atoms with van der Waals surface area (Å²) in [6.45, 7) is 15.4. The van der Waals surface area contributed by atoms with Crippen LogP contribution in [0, 0.1) is 0 Å². The fourth-order valence-electron chi connectivity index (χ4n) is 5.60. The van der Waals surface area contributed by atoms with Crippen molar-refractivity contribution in [1.82, 2.24) is 20.1 Å². The minimum absolute atomic E-state index is 0. The van der Waals surface area contributed by atoms with E-state index in [1.54, 1.807) is 4.90 Å². The molecule has 3 aliphatic rings. The number of hydrogen-bond donors (Lipinski definition) is 1. The van der Waals surface area contributed by atoms with E-state index in [2.05, 4.69) is 33.9 Å². The molecule has 0 aromatic carbocycles. The third-order valence-corrected chi connectivity index (χ3v) is 7.85. The fourth-order valence-corrected chi connectivity index (χ4v) is 5.60. The van der Waals surface area contributed by atoms with Gasteiger partial charge in [0.2, 0.25) is 5.91 Å². The van der Waals surface area contributed by atoms with Gasteiger partial charge in [-0.15, -0.1) is 24.8 Å². The van der Waals surface area contributed by atoms with Gasteiger partial charge in [-0.3, -0.25) is 19.6 Å². The number of ether oxygens (including phenoxy) is 1. The Bertz CT molecular complexity index is 923. The monoisotopic (exact) mass is 565 g/mol. The van der Waals surface area contributed by atoms with E-state index in [-0.39, 0.29) is 66.7 Å². The molecule has 4 rings (SSSR count). The topological polar surface area (TPSA) is 60.9 Å². The highest BCUT2D eigenvalue weighted by Crippen LogP contribution is 2.42. The highest BCUT2D eigenvalue weighted by atomic mass is 35.5. The van der Waals surface area contributed by atoms with Crippen LogP contribution in [-0.4, -0.2) is 91.3 Å². The summed E-state index contributed by atoms with van der Waals surface area (Å²) < 4.78 is 34.6. The summed E-state index contributed by atoms with van der Waals surface area (Å²) in [5.74, 6) is -3.01. The second-order valence-electron chi connectivity index (χ2n) is 11.0. The largest absolute Gasteiger partial charge is 0.378 e. The molecule has 0 saturated carbocycles. The Morgan fingerprint density at radius 1 is 1.24 bits per heavy atom. The molecule has 1 amide bonds. The number of aromatic nitrogens is 1. The van der Waals surface area contributed by atoms with Crippen LogP contribution in [0.2, 0.25) is 0 Å². The van der Waals surface area contributed by atoms with Gasteiger partial charge < -0.3 is 15.0 Å². The van der Waals surface area contributed by atoms with Gasteiger partial charge in [0.15, 0.2) is 0 Å². The van der Waals surface area contributed by atoms with Gasteiger partial charge in [0.1, 0.15) is 0 Å². The van der Waals surface area contributed by atoms with Crippen molar-refractivity contribution in [2.45, 2.75) is 76.9 Å². The predicted molar refractivity (Wildman–Crippen MR) is 148 cm³/mol. The minimum Gasteiger partial charge on any atom is -0.378 e. The quantitative estimate of drug-likeness (QED) is 0.542. The van der Waals surface area contributed by atoms with E-state index in [0.29, 0.717) is 24.0 Å². The van der Waals surface area contributed by atoms with Crippen LogP contribution in [0.5, 0.6) is 0 Å². The van der Waals surface area contributed by atoms with Gasteiger partial charge in [-0.05, 0) is 19.4 Å². The number of anilines is 1. The number of hydrogen-bond acceptors (Lipinski definition) is 6. The molecular formula is C26H43Cl2F2N5O2. The molecular weight excluding hydrogens is 523 g/mol. The Morgan fingerprint density at radius 3 is 2.65 bits per heavy atom. The van der Waals surface area contributed by atoms with Gasteiger partial charge in [0.25, 0.3) is 5.92 Å². The summed E-state index contributed by atoms with van der Waals surface area (Å²) >= 11 is 0. The molecule has 0 radical (unpaired) electrons. The number of nitrogens with zero attached hydrogens (tertiary/aromatic N) is 4. The Kier molecular flexibility index (Phi) is 11.1. The van der Waals surface area contributed by atoms with Gasteiger partial charge >= 0.3 is 0 Å². The summed E-state index contributed by atoms with van der Waals surface area (Å²) in [7, 11) is 0. The van der Waals surface area contributed by atoms with Crippen molar-refractivity contribution in [3.8, 4) is 0 Å². The van der Waals surface area contributed by atoms with Crippen molar-refractivity contribution in [3.63, 3.8) is 0 Å². The molecule has 0 spiro atoms. The summed E-state index contributed by atoms with van der Waals surface area (Å²) in [4.78, 5) is 24.5. The zero-order chi connectivity index (χ0) is 25.4. The van der Waals surface area contributed by atoms with Crippen LogP contribution in [0.1, 0.15) is 58.7 Å². The number of pyridine rings is 1. The minimum atomic E-state index is -2.96. The zero-order valence-electron chi connectivity index (χ0n) is 22.6. The van der Waals surface area contributed by atoms with Crippen LogP contribution in [-0.2, 0) is 20.9 Å². The average Bonchev–Trinajstić information content (AvgIpc) is 3.11. The molecule has 0 aliphatic carbocycles. The lowest BCUT2D eigenvalue weighted by Gasteiger charge is -2.44. The van der Waals surface area contributed by atoms with Gasteiger partial charge in [0, 0.05) is 74.4 Å². The van der Waals surface area contributed by atoms with Crippen LogP contribution < -0.4 is 10.2 Å². The van der Waals surface area contributed by atoms with Crippen LogP contribution >= 0.6 is 24.8 Å². The number of morpholine rings is 1.